The van der Waals surface area contributed by atoms with Crippen molar-refractivity contribution in [1.82, 2.24) is 9.80 Å². The van der Waals surface area contributed by atoms with E-state index in [-0.39, 0.29) is 24.3 Å². The lowest BCUT2D eigenvalue weighted by molar-refractivity contribution is -0.135. The highest BCUT2D eigenvalue weighted by Crippen LogP contribution is 2.26. The number of amides is 3. The molecule has 0 bridgehead atoms. The van der Waals surface area contributed by atoms with Crippen LogP contribution in [0.3, 0.4) is 0 Å². The van der Waals surface area contributed by atoms with E-state index in [1.807, 2.05) is 48.5 Å². The highest BCUT2D eigenvalue weighted by molar-refractivity contribution is 5.93. The van der Waals surface area contributed by atoms with Crippen LogP contribution in [0.4, 0.5) is 10.5 Å². The molecule has 2 aliphatic rings. The summed E-state index contributed by atoms with van der Waals surface area (Å²) in [4.78, 5) is 40.0. The molecule has 0 aliphatic carbocycles. The molecule has 1 atom stereocenters. The number of piperidine rings is 1. The summed E-state index contributed by atoms with van der Waals surface area (Å²) in [6.07, 6.45) is 1.02. The quantitative estimate of drug-likeness (QED) is 0.751. The Bertz CT molecular complexity index is 991. The van der Waals surface area contributed by atoms with E-state index >= 15 is 0 Å². The monoisotopic (exact) mass is 437 g/mol. The lowest BCUT2D eigenvalue weighted by atomic mass is 9.96. The van der Waals surface area contributed by atoms with Crippen LogP contribution in [0.1, 0.15) is 12.8 Å². The Morgan fingerprint density at radius 2 is 1.94 bits per heavy atom. The molecule has 8 nitrogen and oxygen atoms in total. The summed E-state index contributed by atoms with van der Waals surface area (Å²) in [7, 11) is 1.64. The fourth-order valence-corrected chi connectivity index (χ4v) is 4.04. The summed E-state index contributed by atoms with van der Waals surface area (Å²) in [5.74, 6) is 0.260. The predicted octanol–water partition coefficient (Wildman–Crippen LogP) is 2.99. The topological polar surface area (TPSA) is 88.2 Å². The van der Waals surface area contributed by atoms with Gasteiger partial charge in [0.15, 0.2) is 0 Å². The smallest absolute Gasteiger partial charge is 0.410 e. The van der Waals surface area contributed by atoms with Crippen molar-refractivity contribution in [3.05, 3.63) is 48.5 Å². The molecule has 2 saturated heterocycles. The van der Waals surface area contributed by atoms with Gasteiger partial charge >= 0.3 is 6.09 Å². The lowest BCUT2D eigenvalue weighted by Gasteiger charge is -2.32. The van der Waals surface area contributed by atoms with Crippen LogP contribution in [-0.4, -0.2) is 67.6 Å². The van der Waals surface area contributed by atoms with Crippen molar-refractivity contribution < 1.29 is 23.9 Å². The molecule has 1 N–H and O–H groups in total. The van der Waals surface area contributed by atoms with Gasteiger partial charge in [0.05, 0.1) is 19.6 Å². The molecule has 3 amide bonds. The number of carbonyl (C=O) groups is 3. The zero-order chi connectivity index (χ0) is 22.5. The number of carbonyl (C=O) groups excluding carboxylic acids is 3. The lowest BCUT2D eigenvalue weighted by Crippen LogP contribution is -2.47. The molecule has 4 rings (SSSR count). The number of likely N-dealkylation sites (tertiary alicyclic amines) is 1. The van der Waals surface area contributed by atoms with E-state index < -0.39 is 6.09 Å². The second-order valence-electron chi connectivity index (χ2n) is 8.01. The minimum Gasteiger partial charge on any atom is -0.497 e. The Labute approximate surface area is 187 Å². The molecule has 0 spiro atoms. The molecular weight excluding hydrogens is 410 g/mol. The highest BCUT2D eigenvalue weighted by atomic mass is 16.6. The van der Waals surface area contributed by atoms with Gasteiger partial charge in [0.25, 0.3) is 0 Å². The van der Waals surface area contributed by atoms with Gasteiger partial charge < -0.3 is 19.7 Å². The Morgan fingerprint density at radius 3 is 2.66 bits per heavy atom. The van der Waals surface area contributed by atoms with Gasteiger partial charge in [0, 0.05) is 18.8 Å². The van der Waals surface area contributed by atoms with Crippen molar-refractivity contribution in [2.45, 2.75) is 12.8 Å². The average Bonchev–Trinajstić information content (AvgIpc) is 3.23. The van der Waals surface area contributed by atoms with Crippen LogP contribution in [-0.2, 0) is 14.3 Å². The van der Waals surface area contributed by atoms with Crippen LogP contribution < -0.4 is 10.1 Å². The van der Waals surface area contributed by atoms with Gasteiger partial charge in [-0.15, -0.1) is 0 Å². The molecule has 0 aromatic heterocycles. The second-order valence-corrected chi connectivity index (χ2v) is 8.01. The average molecular weight is 437 g/mol. The van der Waals surface area contributed by atoms with E-state index in [1.165, 1.54) is 4.90 Å². The minimum atomic E-state index is -0.456. The summed E-state index contributed by atoms with van der Waals surface area (Å²) >= 11 is 0. The minimum absolute atomic E-state index is 0.00109. The van der Waals surface area contributed by atoms with Crippen molar-refractivity contribution in [3.8, 4) is 16.9 Å². The van der Waals surface area contributed by atoms with E-state index in [2.05, 4.69) is 5.32 Å². The fourth-order valence-electron chi connectivity index (χ4n) is 4.04. The van der Waals surface area contributed by atoms with Crippen molar-refractivity contribution in [2.24, 2.45) is 5.92 Å². The number of nitrogens with one attached hydrogen (secondary N) is 1. The molecule has 2 heterocycles. The molecule has 2 aliphatic heterocycles. The molecule has 168 valence electrons. The van der Waals surface area contributed by atoms with Crippen LogP contribution in [0.15, 0.2) is 48.5 Å². The van der Waals surface area contributed by atoms with Crippen LogP contribution in [0, 0.1) is 5.92 Å². The number of benzene rings is 2. The normalized spacial score (nSPS) is 18.3. The van der Waals surface area contributed by atoms with E-state index in [4.69, 9.17) is 9.47 Å². The first-order valence-electron chi connectivity index (χ1n) is 10.8. The number of nitrogens with zero attached hydrogens (tertiary/aromatic N) is 2. The molecule has 2 fully saturated rings. The molecule has 0 radical (unpaired) electrons. The van der Waals surface area contributed by atoms with Crippen LogP contribution >= 0.6 is 0 Å². The largest absolute Gasteiger partial charge is 0.497 e. The first-order valence-corrected chi connectivity index (χ1v) is 10.8. The third kappa shape index (κ3) is 5.01. The summed E-state index contributed by atoms with van der Waals surface area (Å²) in [6.45, 7) is 1.69. The first kappa shape index (κ1) is 21.7. The van der Waals surface area contributed by atoms with E-state index in [0.29, 0.717) is 31.9 Å². The molecular formula is C24H27N3O5. The zero-order valence-corrected chi connectivity index (χ0v) is 18.1. The molecule has 8 heteroatoms. The van der Waals surface area contributed by atoms with Gasteiger partial charge in [0.2, 0.25) is 11.8 Å². The van der Waals surface area contributed by atoms with Gasteiger partial charge in [0.1, 0.15) is 18.9 Å². The van der Waals surface area contributed by atoms with Crippen molar-refractivity contribution in [2.75, 3.05) is 45.2 Å². The molecule has 32 heavy (non-hydrogen) atoms. The fraction of sp³-hybridized carbons (Fsp3) is 0.375. The van der Waals surface area contributed by atoms with Crippen LogP contribution in [0.5, 0.6) is 5.75 Å². The third-order valence-electron chi connectivity index (χ3n) is 5.87. The summed E-state index contributed by atoms with van der Waals surface area (Å²) < 4.78 is 10.2. The maximum atomic E-state index is 12.8. The Kier molecular flexibility index (Phi) is 6.58. The SMILES string of the molecule is COc1cccc(-c2ccc(NC(=O)[C@@H]3CCCN(C(=O)CN4CCOC4=O)C3)cc2)c1. The number of anilines is 1. The van der Waals surface area contributed by atoms with Gasteiger partial charge in [-0.1, -0.05) is 24.3 Å². The van der Waals surface area contributed by atoms with Gasteiger partial charge in [-0.3, -0.25) is 14.5 Å². The standard InChI is InChI=1S/C24H27N3O5/c1-31-21-6-2-4-18(14-21)17-7-9-20(10-8-17)25-23(29)19-5-3-11-26(15-19)22(28)16-27-12-13-32-24(27)30/h2,4,6-10,14,19H,3,5,11-13,15-16H2,1H3,(H,25,29)/t19-/m1/s1. The third-order valence-corrected chi connectivity index (χ3v) is 5.87. The second kappa shape index (κ2) is 9.72. The van der Waals surface area contributed by atoms with Crippen LogP contribution in [0.25, 0.3) is 11.1 Å². The Balaban J connectivity index is 1.33. The first-order chi connectivity index (χ1) is 15.5. The van der Waals surface area contributed by atoms with E-state index in [9.17, 15) is 14.4 Å². The number of ether oxygens (including phenoxy) is 2. The Hall–Kier alpha value is -3.55. The number of rotatable bonds is 6. The molecule has 2 aromatic rings. The van der Waals surface area contributed by atoms with Gasteiger partial charge in [-0.2, -0.15) is 0 Å². The molecule has 0 saturated carbocycles. The van der Waals surface area contributed by atoms with Gasteiger partial charge in [-0.05, 0) is 48.2 Å². The number of hydrogen-bond acceptors (Lipinski definition) is 5. The van der Waals surface area contributed by atoms with Crippen LogP contribution in [0.2, 0.25) is 0 Å². The van der Waals surface area contributed by atoms with E-state index in [0.717, 1.165) is 29.7 Å². The predicted molar refractivity (Wildman–Crippen MR) is 119 cm³/mol. The van der Waals surface area contributed by atoms with Crippen molar-refractivity contribution in [3.63, 3.8) is 0 Å². The van der Waals surface area contributed by atoms with Crippen molar-refractivity contribution >= 4 is 23.6 Å². The van der Waals surface area contributed by atoms with Gasteiger partial charge in [-0.25, -0.2) is 4.79 Å². The summed E-state index contributed by atoms with van der Waals surface area (Å²) in [5, 5.41) is 2.97. The maximum absolute atomic E-state index is 12.8. The van der Waals surface area contributed by atoms with E-state index in [1.54, 1.807) is 12.0 Å². The number of methoxy groups -OCH3 is 1. The zero-order valence-electron chi connectivity index (χ0n) is 18.1. The molecule has 2 aromatic carbocycles. The number of cyclic esters (lactones) is 1. The maximum Gasteiger partial charge on any atom is 0.410 e. The van der Waals surface area contributed by atoms with Crippen molar-refractivity contribution in [1.29, 1.82) is 0 Å². The molecule has 0 unspecified atom stereocenters. The summed E-state index contributed by atoms with van der Waals surface area (Å²) in [6, 6.07) is 15.5. The number of hydrogen-bond donors (Lipinski definition) is 1. The highest BCUT2D eigenvalue weighted by Gasteiger charge is 2.31. The Morgan fingerprint density at radius 1 is 1.12 bits per heavy atom. The summed E-state index contributed by atoms with van der Waals surface area (Å²) in [5.41, 5.74) is 2.77.